The van der Waals surface area contributed by atoms with Gasteiger partial charge in [-0.3, -0.25) is 0 Å². The lowest BCUT2D eigenvalue weighted by atomic mass is 10.00. The fraction of sp³-hybridized carbons (Fsp3) is 0.148. The molecule has 5 aromatic rings. The smallest absolute Gasteiger partial charge is 0.231 e. The Morgan fingerprint density at radius 3 is 2.44 bits per heavy atom. The second-order valence-electron chi connectivity index (χ2n) is 7.99. The summed E-state index contributed by atoms with van der Waals surface area (Å²) in [6.07, 6.45) is 2.13. The van der Waals surface area contributed by atoms with Crippen molar-refractivity contribution in [3.05, 3.63) is 78.5 Å². The zero-order valence-electron chi connectivity index (χ0n) is 17.9. The molecule has 0 amide bonds. The summed E-state index contributed by atoms with van der Waals surface area (Å²) in [5, 5.41) is 5.58. The fourth-order valence-electron chi connectivity index (χ4n) is 4.49. The maximum Gasteiger partial charge on any atom is 0.231 e. The van der Waals surface area contributed by atoms with E-state index in [1.54, 1.807) is 7.11 Å². The van der Waals surface area contributed by atoms with Crippen LogP contribution in [-0.2, 0) is 13.7 Å². The highest BCUT2D eigenvalue weighted by Gasteiger charge is 2.21. The largest absolute Gasteiger partial charge is 0.493 e. The number of rotatable bonds is 4. The van der Waals surface area contributed by atoms with Gasteiger partial charge in [0.25, 0.3) is 0 Å². The van der Waals surface area contributed by atoms with Gasteiger partial charge in [-0.05, 0) is 41.3 Å². The molecule has 2 heterocycles. The van der Waals surface area contributed by atoms with E-state index in [2.05, 4.69) is 54.2 Å². The second kappa shape index (κ2) is 7.31. The average Bonchev–Trinajstić information content (AvgIpc) is 3.28. The SMILES string of the molecule is COc1cc2c[n+](C)c3c4cc5c(cc4ccc3c2cc1OCc1ccccc1)OCO5. The molecular weight excluding hydrogens is 402 g/mol. The van der Waals surface area contributed by atoms with Crippen molar-refractivity contribution in [2.24, 2.45) is 7.05 Å². The standard InChI is InChI=1S/C27H22NO4/c1-28-14-19-11-23(29-2)25(30-15-17-6-4-3-5-7-17)12-21(19)20-9-8-18-10-24-26(32-16-31-24)13-22(18)27(20)28/h3-14H,15-16H2,1-2H3/q+1. The first kappa shape index (κ1) is 18.8. The Morgan fingerprint density at radius 2 is 1.62 bits per heavy atom. The van der Waals surface area contributed by atoms with Gasteiger partial charge in [0.15, 0.2) is 29.2 Å². The lowest BCUT2D eigenvalue weighted by Gasteiger charge is -2.13. The normalized spacial score (nSPS) is 12.6. The van der Waals surface area contributed by atoms with Gasteiger partial charge in [-0.25, -0.2) is 0 Å². The first-order valence-electron chi connectivity index (χ1n) is 10.5. The number of aromatic nitrogens is 1. The summed E-state index contributed by atoms with van der Waals surface area (Å²) < 4.78 is 25.2. The van der Waals surface area contributed by atoms with Gasteiger partial charge in [0.1, 0.15) is 13.7 Å². The van der Waals surface area contributed by atoms with Crippen molar-refractivity contribution < 1.29 is 23.5 Å². The molecule has 32 heavy (non-hydrogen) atoms. The van der Waals surface area contributed by atoms with E-state index >= 15 is 0 Å². The monoisotopic (exact) mass is 424 g/mol. The van der Waals surface area contributed by atoms with Crippen molar-refractivity contribution >= 4 is 32.4 Å². The molecule has 0 saturated carbocycles. The van der Waals surface area contributed by atoms with Gasteiger partial charge in [0.2, 0.25) is 12.3 Å². The van der Waals surface area contributed by atoms with Crippen LogP contribution in [0.1, 0.15) is 5.56 Å². The number of fused-ring (bicyclic) bond motifs is 6. The molecule has 0 bridgehead atoms. The molecule has 0 fully saturated rings. The highest BCUT2D eigenvalue weighted by Crippen LogP contribution is 2.40. The molecule has 5 nitrogen and oxygen atoms in total. The molecule has 0 saturated heterocycles. The predicted molar refractivity (Wildman–Crippen MR) is 124 cm³/mol. The molecule has 0 N–H and O–H groups in total. The average molecular weight is 424 g/mol. The third-order valence-corrected chi connectivity index (χ3v) is 6.03. The van der Waals surface area contributed by atoms with Crippen molar-refractivity contribution in [2.75, 3.05) is 13.9 Å². The van der Waals surface area contributed by atoms with Crippen molar-refractivity contribution in [1.29, 1.82) is 0 Å². The summed E-state index contributed by atoms with van der Waals surface area (Å²) in [6.45, 7) is 0.744. The minimum Gasteiger partial charge on any atom is -0.493 e. The van der Waals surface area contributed by atoms with Crippen LogP contribution in [0.2, 0.25) is 0 Å². The van der Waals surface area contributed by atoms with Crippen LogP contribution in [0.4, 0.5) is 0 Å². The molecule has 0 spiro atoms. The topological polar surface area (TPSA) is 40.8 Å². The molecule has 4 aromatic carbocycles. The van der Waals surface area contributed by atoms with E-state index in [9.17, 15) is 0 Å². The lowest BCUT2D eigenvalue weighted by molar-refractivity contribution is -0.642. The van der Waals surface area contributed by atoms with E-state index in [-0.39, 0.29) is 6.79 Å². The fourth-order valence-corrected chi connectivity index (χ4v) is 4.49. The molecule has 1 aromatic heterocycles. The second-order valence-corrected chi connectivity index (χ2v) is 7.99. The van der Waals surface area contributed by atoms with E-state index in [1.807, 2.05) is 30.3 Å². The number of aryl methyl sites for hydroxylation is 1. The van der Waals surface area contributed by atoms with Gasteiger partial charge < -0.3 is 18.9 Å². The number of methoxy groups -OCH3 is 1. The van der Waals surface area contributed by atoms with Crippen LogP contribution in [0, 0.1) is 0 Å². The van der Waals surface area contributed by atoms with Gasteiger partial charge in [-0.15, -0.1) is 0 Å². The molecule has 5 heteroatoms. The van der Waals surface area contributed by atoms with Gasteiger partial charge in [0, 0.05) is 5.39 Å². The molecule has 0 unspecified atom stereocenters. The molecule has 158 valence electrons. The highest BCUT2D eigenvalue weighted by atomic mass is 16.7. The minimum atomic E-state index is 0.264. The number of nitrogens with zero attached hydrogens (tertiary/aromatic N) is 1. The summed E-state index contributed by atoms with van der Waals surface area (Å²) in [4.78, 5) is 0. The first-order chi connectivity index (χ1) is 15.7. The van der Waals surface area contributed by atoms with Crippen LogP contribution in [0.5, 0.6) is 23.0 Å². The summed E-state index contributed by atoms with van der Waals surface area (Å²) in [6, 6.07) is 22.7. The van der Waals surface area contributed by atoms with Crippen LogP contribution < -0.4 is 23.5 Å². The number of hydrogen-bond donors (Lipinski definition) is 0. The Balaban J connectivity index is 1.55. The quantitative estimate of drug-likeness (QED) is 0.290. The third-order valence-electron chi connectivity index (χ3n) is 6.03. The van der Waals surface area contributed by atoms with E-state index < -0.39 is 0 Å². The third kappa shape index (κ3) is 2.97. The Labute approximate surface area is 185 Å². The predicted octanol–water partition coefficient (Wildman–Crippen LogP) is 5.29. The number of pyridine rings is 1. The van der Waals surface area contributed by atoms with Crippen LogP contribution >= 0.6 is 0 Å². The maximum absolute atomic E-state index is 6.18. The van der Waals surface area contributed by atoms with Crippen molar-refractivity contribution in [1.82, 2.24) is 0 Å². The number of hydrogen-bond acceptors (Lipinski definition) is 4. The van der Waals surface area contributed by atoms with Gasteiger partial charge in [-0.2, -0.15) is 4.57 Å². The Bertz CT molecular complexity index is 1490. The van der Waals surface area contributed by atoms with E-state index in [4.69, 9.17) is 18.9 Å². The number of benzene rings is 4. The highest BCUT2D eigenvalue weighted by molar-refractivity contribution is 6.14. The zero-order chi connectivity index (χ0) is 21.7. The molecule has 0 aliphatic carbocycles. The van der Waals surface area contributed by atoms with E-state index in [0.29, 0.717) is 6.61 Å². The van der Waals surface area contributed by atoms with E-state index in [0.717, 1.165) is 61.0 Å². The molecule has 6 rings (SSSR count). The molecular formula is C27H22NO4+. The van der Waals surface area contributed by atoms with E-state index in [1.165, 1.54) is 0 Å². The minimum absolute atomic E-state index is 0.264. The molecule has 1 aliphatic heterocycles. The maximum atomic E-state index is 6.18. The van der Waals surface area contributed by atoms with Crippen LogP contribution in [0.25, 0.3) is 32.4 Å². The zero-order valence-corrected chi connectivity index (χ0v) is 17.9. The molecule has 1 aliphatic rings. The van der Waals surface area contributed by atoms with Crippen LogP contribution in [0.15, 0.2) is 72.9 Å². The Morgan fingerprint density at radius 1 is 0.812 bits per heavy atom. The van der Waals surface area contributed by atoms with Crippen molar-refractivity contribution in [3.63, 3.8) is 0 Å². The van der Waals surface area contributed by atoms with Crippen LogP contribution in [0.3, 0.4) is 0 Å². The van der Waals surface area contributed by atoms with Gasteiger partial charge in [-0.1, -0.05) is 36.4 Å². The Hall–Kier alpha value is -3.99. The van der Waals surface area contributed by atoms with Gasteiger partial charge in [0.05, 0.1) is 23.3 Å². The van der Waals surface area contributed by atoms with Gasteiger partial charge >= 0.3 is 0 Å². The lowest BCUT2D eigenvalue weighted by Crippen LogP contribution is -2.28. The summed E-state index contributed by atoms with van der Waals surface area (Å²) >= 11 is 0. The first-order valence-corrected chi connectivity index (χ1v) is 10.5. The molecule has 0 radical (unpaired) electrons. The summed E-state index contributed by atoms with van der Waals surface area (Å²) in [7, 11) is 3.74. The summed E-state index contributed by atoms with van der Waals surface area (Å²) in [5.74, 6) is 3.02. The summed E-state index contributed by atoms with van der Waals surface area (Å²) in [5.41, 5.74) is 2.24. The van der Waals surface area contributed by atoms with Crippen LogP contribution in [-0.4, -0.2) is 13.9 Å². The van der Waals surface area contributed by atoms with Crippen molar-refractivity contribution in [3.8, 4) is 23.0 Å². The van der Waals surface area contributed by atoms with Crippen molar-refractivity contribution in [2.45, 2.75) is 6.61 Å². The molecule has 0 atom stereocenters. The number of ether oxygens (including phenoxy) is 4. The Kier molecular flexibility index (Phi) is 4.28.